The molecular weight excluding hydrogens is 340 g/mol. The Labute approximate surface area is 147 Å². The minimum absolute atomic E-state index is 0.00438. The van der Waals surface area contributed by atoms with E-state index >= 15 is 0 Å². The second kappa shape index (κ2) is 6.79. The van der Waals surface area contributed by atoms with Crippen LogP contribution in [0, 0.1) is 0 Å². The van der Waals surface area contributed by atoms with Gasteiger partial charge >= 0.3 is 0 Å². The van der Waals surface area contributed by atoms with Crippen molar-refractivity contribution in [2.24, 2.45) is 9.39 Å². The molecule has 2 aliphatic heterocycles. The van der Waals surface area contributed by atoms with E-state index in [1.807, 2.05) is 24.3 Å². The normalized spacial score (nSPS) is 19.5. The molecule has 1 amide bonds. The quantitative estimate of drug-likeness (QED) is 0.890. The van der Waals surface area contributed by atoms with Crippen LogP contribution in [-0.4, -0.2) is 43.1 Å². The molecule has 1 N–H and O–H groups in total. The molecule has 2 heterocycles. The molecule has 25 heavy (non-hydrogen) atoms. The maximum atomic E-state index is 12.7. The van der Waals surface area contributed by atoms with E-state index in [2.05, 4.69) is 28.6 Å². The van der Waals surface area contributed by atoms with E-state index in [0.717, 1.165) is 12.0 Å². The van der Waals surface area contributed by atoms with Crippen molar-refractivity contribution in [2.45, 2.75) is 26.2 Å². The molecule has 1 atom stereocenters. The highest BCUT2D eigenvalue weighted by Crippen LogP contribution is 2.26. The molecule has 0 aromatic heterocycles. The van der Waals surface area contributed by atoms with Gasteiger partial charge in [0.1, 0.15) is 0 Å². The molecule has 0 fully saturated rings. The van der Waals surface area contributed by atoms with Gasteiger partial charge in [-0.25, -0.2) is 13.4 Å². The molecule has 0 aliphatic carbocycles. The highest BCUT2D eigenvalue weighted by molar-refractivity contribution is 7.90. The summed E-state index contributed by atoms with van der Waals surface area (Å²) in [6, 6.07) is 7.58. The number of anilines is 1. The molecule has 8 heteroatoms. The number of fused-ring (bicyclic) bond motifs is 1. The summed E-state index contributed by atoms with van der Waals surface area (Å²) < 4.78 is 27.3. The molecule has 3 rings (SSSR count). The summed E-state index contributed by atoms with van der Waals surface area (Å²) in [5.41, 5.74) is 1.73. The van der Waals surface area contributed by atoms with Gasteiger partial charge in [0.15, 0.2) is 11.5 Å². The van der Waals surface area contributed by atoms with Crippen molar-refractivity contribution < 1.29 is 13.2 Å². The number of para-hydroxylation sites is 1. The number of amidine groups is 1. The number of benzene rings is 1. The summed E-state index contributed by atoms with van der Waals surface area (Å²) in [5.74, 6) is -0.186. The van der Waals surface area contributed by atoms with Gasteiger partial charge in [-0.15, -0.1) is 4.40 Å². The van der Waals surface area contributed by atoms with Gasteiger partial charge in [-0.1, -0.05) is 32.0 Å². The van der Waals surface area contributed by atoms with Crippen LogP contribution in [0.5, 0.6) is 0 Å². The Bertz CT molecular complexity index is 887. The standard InChI is InChI=1S/C17H20N4O3S/c1-3-12(2)13-6-4-5-7-14(13)19-17(22)15-16-20-25(23,24)11-10-21(16)9-8-18-15/h4-9,12H,3,10-11H2,1-2H3,(H,19,22)/t12-/m0/s1. The predicted molar refractivity (Wildman–Crippen MR) is 98.3 cm³/mol. The van der Waals surface area contributed by atoms with E-state index in [4.69, 9.17) is 0 Å². The molecule has 132 valence electrons. The lowest BCUT2D eigenvalue weighted by atomic mass is 9.97. The maximum absolute atomic E-state index is 12.7. The van der Waals surface area contributed by atoms with Crippen LogP contribution in [0.25, 0.3) is 0 Å². The van der Waals surface area contributed by atoms with E-state index < -0.39 is 15.9 Å². The maximum Gasteiger partial charge on any atom is 0.278 e. The molecule has 0 unspecified atom stereocenters. The number of nitrogens with one attached hydrogen (secondary N) is 1. The minimum atomic E-state index is -3.57. The topological polar surface area (TPSA) is 91.2 Å². The molecule has 1 aromatic carbocycles. The highest BCUT2D eigenvalue weighted by atomic mass is 32.2. The van der Waals surface area contributed by atoms with Gasteiger partial charge in [0.25, 0.3) is 15.9 Å². The molecule has 0 spiro atoms. The van der Waals surface area contributed by atoms with Gasteiger partial charge in [0.05, 0.1) is 5.75 Å². The molecule has 0 bridgehead atoms. The Hall–Kier alpha value is -2.48. The summed E-state index contributed by atoms with van der Waals surface area (Å²) in [5, 5.41) is 2.85. The van der Waals surface area contributed by atoms with Crippen LogP contribution in [0.15, 0.2) is 46.1 Å². The monoisotopic (exact) mass is 360 g/mol. The molecule has 2 aliphatic rings. The van der Waals surface area contributed by atoms with Crippen molar-refractivity contribution in [1.82, 2.24) is 4.90 Å². The van der Waals surface area contributed by atoms with Gasteiger partial charge in [-0.05, 0) is 24.0 Å². The van der Waals surface area contributed by atoms with Crippen molar-refractivity contribution in [3.63, 3.8) is 0 Å². The fourth-order valence-corrected chi connectivity index (χ4v) is 3.70. The largest absolute Gasteiger partial charge is 0.328 e. The fourth-order valence-electron chi connectivity index (χ4n) is 2.72. The third kappa shape index (κ3) is 3.63. The number of aliphatic imine (C=N–C) groups is 1. The van der Waals surface area contributed by atoms with Crippen molar-refractivity contribution in [1.29, 1.82) is 0 Å². The summed E-state index contributed by atoms with van der Waals surface area (Å²) in [7, 11) is -3.57. The van der Waals surface area contributed by atoms with Crippen molar-refractivity contribution >= 4 is 33.2 Å². The van der Waals surface area contributed by atoms with E-state index in [9.17, 15) is 13.2 Å². The average Bonchev–Trinajstić information content (AvgIpc) is 2.60. The summed E-state index contributed by atoms with van der Waals surface area (Å²) >= 11 is 0. The van der Waals surface area contributed by atoms with E-state index in [0.29, 0.717) is 5.69 Å². The van der Waals surface area contributed by atoms with Crippen molar-refractivity contribution in [3.8, 4) is 0 Å². The van der Waals surface area contributed by atoms with Gasteiger partial charge in [-0.3, -0.25) is 4.79 Å². The van der Waals surface area contributed by atoms with Gasteiger partial charge < -0.3 is 10.2 Å². The first-order chi connectivity index (χ1) is 11.9. The Morgan fingerprint density at radius 1 is 1.36 bits per heavy atom. The van der Waals surface area contributed by atoms with Crippen molar-refractivity contribution in [2.75, 3.05) is 17.6 Å². The summed E-state index contributed by atoms with van der Waals surface area (Å²) in [6.07, 6.45) is 4.04. The first-order valence-electron chi connectivity index (χ1n) is 8.15. The second-order valence-electron chi connectivity index (χ2n) is 6.02. The zero-order valence-electron chi connectivity index (χ0n) is 14.1. The van der Waals surface area contributed by atoms with Crippen LogP contribution in [0.2, 0.25) is 0 Å². The summed E-state index contributed by atoms with van der Waals surface area (Å²) in [6.45, 7) is 4.43. The van der Waals surface area contributed by atoms with Crippen LogP contribution in [-0.2, 0) is 14.8 Å². The van der Waals surface area contributed by atoms with Crippen LogP contribution in [0.3, 0.4) is 0 Å². The smallest absolute Gasteiger partial charge is 0.278 e. The molecule has 0 saturated heterocycles. The molecule has 1 aromatic rings. The number of hydrogen-bond acceptors (Lipinski definition) is 5. The van der Waals surface area contributed by atoms with Gasteiger partial charge in [0, 0.05) is 24.6 Å². The van der Waals surface area contributed by atoms with E-state index in [1.165, 1.54) is 6.20 Å². The van der Waals surface area contributed by atoms with Gasteiger partial charge in [-0.2, -0.15) is 0 Å². The summed E-state index contributed by atoms with van der Waals surface area (Å²) in [4.78, 5) is 18.4. The number of carbonyl (C=O) groups excluding carboxylic acids is 1. The van der Waals surface area contributed by atoms with E-state index in [1.54, 1.807) is 11.1 Å². The third-order valence-electron chi connectivity index (χ3n) is 4.32. The zero-order chi connectivity index (χ0) is 18.0. The average molecular weight is 360 g/mol. The third-order valence-corrected chi connectivity index (χ3v) is 5.47. The number of carbonyl (C=O) groups is 1. The SMILES string of the molecule is CC[C@H](C)c1ccccc1NC(=O)C1=NC=CN2CCS(=O)(=O)N=C12. The van der Waals surface area contributed by atoms with E-state index in [-0.39, 0.29) is 29.8 Å². The number of hydrogen-bond donors (Lipinski definition) is 1. The lowest BCUT2D eigenvalue weighted by Crippen LogP contribution is -2.46. The zero-order valence-corrected chi connectivity index (χ0v) is 15.0. The predicted octanol–water partition coefficient (Wildman–Crippen LogP) is 2.11. The Morgan fingerprint density at radius 3 is 2.88 bits per heavy atom. The van der Waals surface area contributed by atoms with Crippen LogP contribution >= 0.6 is 0 Å². The first-order valence-corrected chi connectivity index (χ1v) is 9.76. The Kier molecular flexibility index (Phi) is 4.71. The number of nitrogens with zero attached hydrogens (tertiary/aromatic N) is 3. The molecule has 7 nitrogen and oxygen atoms in total. The minimum Gasteiger partial charge on any atom is -0.328 e. The number of sulfonamides is 1. The number of rotatable bonds is 4. The lowest BCUT2D eigenvalue weighted by Gasteiger charge is -2.27. The van der Waals surface area contributed by atoms with Crippen molar-refractivity contribution in [3.05, 3.63) is 42.2 Å². The first kappa shape index (κ1) is 17.3. The lowest BCUT2D eigenvalue weighted by molar-refractivity contribution is -0.110. The Balaban J connectivity index is 1.91. The Morgan fingerprint density at radius 2 is 2.12 bits per heavy atom. The van der Waals surface area contributed by atoms with Crippen LogP contribution in [0.4, 0.5) is 5.69 Å². The highest BCUT2D eigenvalue weighted by Gasteiger charge is 2.31. The molecule has 0 radical (unpaired) electrons. The van der Waals surface area contributed by atoms with Crippen LogP contribution in [0.1, 0.15) is 31.7 Å². The molecular formula is C17H20N4O3S. The second-order valence-corrected chi connectivity index (χ2v) is 7.78. The van der Waals surface area contributed by atoms with Gasteiger partial charge in [0.2, 0.25) is 0 Å². The molecule has 0 saturated carbocycles. The number of amides is 1. The fraction of sp³-hybridized carbons (Fsp3) is 0.353. The van der Waals surface area contributed by atoms with Crippen LogP contribution < -0.4 is 5.32 Å².